The van der Waals surface area contributed by atoms with Crippen LogP contribution in [-0.4, -0.2) is 108 Å². The van der Waals surface area contributed by atoms with Gasteiger partial charge in [0.15, 0.2) is 23.0 Å². The van der Waals surface area contributed by atoms with E-state index in [4.69, 9.17) is 18.9 Å². The van der Waals surface area contributed by atoms with Gasteiger partial charge in [0.1, 0.15) is 35.0 Å². The number of piperidine rings is 2. The zero-order chi connectivity index (χ0) is 42.2. The third-order valence-electron chi connectivity index (χ3n) is 17.7. The van der Waals surface area contributed by atoms with Crippen molar-refractivity contribution in [3.05, 3.63) is 58.7 Å². The Hall–Kier alpha value is 0.210. The number of Topliss-reactive ketones (excluding diaryl/α,β-unsaturated/α-hetero) is 2. The zero-order valence-electron chi connectivity index (χ0n) is 34.1. The number of methoxy groups -OCH3 is 2. The minimum absolute atomic E-state index is 0.0212. The summed E-state index contributed by atoms with van der Waals surface area (Å²) in [7, 11) is 7.87. The summed E-state index contributed by atoms with van der Waals surface area (Å²) in [4.78, 5) is 30.4. The summed E-state index contributed by atoms with van der Waals surface area (Å²) >= 11 is 9.54. The molecule has 0 aromatic heterocycles. The number of aromatic hydroxyl groups is 2. The number of ether oxygens (including phenoxy) is 4. The van der Waals surface area contributed by atoms with Crippen molar-refractivity contribution in [2.75, 3.05) is 41.4 Å². The number of hydrogen-bond acceptors (Lipinski definition) is 10. The molecule has 2 aromatic carbocycles. The van der Waals surface area contributed by atoms with E-state index >= 15 is 0 Å². The molecule has 0 amide bonds. The van der Waals surface area contributed by atoms with E-state index in [1.54, 1.807) is 40.2 Å². The molecule has 322 valence electrons. The number of carbonyl (C=O) groups excluding carboxylic acids is 2. The Morgan fingerprint density at radius 3 is 1.86 bits per heavy atom. The van der Waals surface area contributed by atoms with E-state index in [1.165, 1.54) is 22.3 Å². The number of benzene rings is 2. The molecule has 4 aliphatic heterocycles. The van der Waals surface area contributed by atoms with Crippen molar-refractivity contribution < 1.29 is 52.0 Å². The Labute approximate surface area is 400 Å². The molecule has 2 N–H and O–H groups in total. The fourth-order valence-corrected chi connectivity index (χ4v) is 15.7. The molecule has 10 nitrogen and oxygen atoms in total. The van der Waals surface area contributed by atoms with E-state index in [1.807, 2.05) is 0 Å². The van der Waals surface area contributed by atoms with Crippen LogP contribution in [0.5, 0.6) is 23.0 Å². The van der Waals surface area contributed by atoms with Gasteiger partial charge in [0.25, 0.3) is 0 Å². The third kappa shape index (κ3) is 5.30. The van der Waals surface area contributed by atoms with E-state index in [0.29, 0.717) is 36.8 Å². The summed E-state index contributed by atoms with van der Waals surface area (Å²) < 4.78 is 25.5. The van der Waals surface area contributed by atoms with E-state index in [-0.39, 0.29) is 68.8 Å². The number of fused-ring (bicyclic) bond motifs is 3. The van der Waals surface area contributed by atoms with E-state index in [2.05, 4.69) is 123 Å². The number of ketones is 2. The molecule has 4 saturated carbocycles. The van der Waals surface area contributed by atoms with Crippen LogP contribution < -0.4 is 22.7 Å². The number of phenolic OH excluding ortho intramolecular Hbond substituents is 2. The van der Waals surface area contributed by atoms with Gasteiger partial charge in [0.2, 0.25) is 0 Å². The molecule has 12 unspecified atom stereocenters. The minimum atomic E-state index is -0.770. The number of nitrogens with zero attached hydrogens (tertiary/aromatic N) is 2. The molecule has 8 aliphatic carbocycles. The molecule has 6 fully saturated rings. The Kier molecular flexibility index (Phi) is 11.6. The predicted molar refractivity (Wildman–Crippen MR) is 254 cm³/mol. The Morgan fingerprint density at radius 1 is 0.746 bits per heavy atom. The molecule has 4 spiro atoms. The van der Waals surface area contributed by atoms with Crippen molar-refractivity contribution in [3.8, 4) is 23.0 Å². The van der Waals surface area contributed by atoms with Gasteiger partial charge in [-0.05, 0) is 116 Å². The summed E-state index contributed by atoms with van der Waals surface area (Å²) in [6.07, 6.45) is 11.4. The number of likely N-dealkylation sites (tertiary alicyclic amines) is 2. The summed E-state index contributed by atoms with van der Waals surface area (Å²) in [5.41, 5.74) is 3.13. The molecule has 8 bridgehead atoms. The van der Waals surface area contributed by atoms with Gasteiger partial charge in [-0.3, -0.25) is 9.59 Å². The molecular weight excluding hydrogens is 1320 g/mol. The van der Waals surface area contributed by atoms with Crippen LogP contribution in [0, 0.1) is 22.7 Å². The van der Waals surface area contributed by atoms with Crippen LogP contribution in [-0.2, 0) is 42.7 Å². The number of phenols is 2. The summed E-state index contributed by atoms with van der Waals surface area (Å²) in [5, 5.41) is 21.3. The number of halogens is 5. The van der Waals surface area contributed by atoms with Gasteiger partial charge in [0.05, 0.1) is 17.3 Å². The molecule has 2 aromatic rings. The third-order valence-corrected chi connectivity index (χ3v) is 17.7. The standard InChI is InChI=1S/C22H27NO4.C22H25NO4.I3.I2/c2*1-12(24)14-11-20-6-7-22(14,26-3)19-21(20)8-9-23(2)16(20)10-13-4-5-15(25)18(27-19)17(13)21;1-3-2;1-2/h4-5,14,16,19,25H,6-11H2,1-3H3;4-7,14,16,19,25H,8-11H2,1-3H3;;/q;;-1;. The van der Waals surface area contributed by atoms with Crippen molar-refractivity contribution in [2.24, 2.45) is 22.7 Å². The van der Waals surface area contributed by atoms with Crippen molar-refractivity contribution >= 4 is 86.0 Å². The second-order valence-corrected chi connectivity index (χ2v) is 35.0. The van der Waals surface area contributed by atoms with Gasteiger partial charge in [-0.1, -0.05) is 24.3 Å². The normalized spacial score (nSPS) is 42.4. The second-order valence-electron chi connectivity index (χ2n) is 18.8. The van der Waals surface area contributed by atoms with Crippen molar-refractivity contribution in [1.29, 1.82) is 0 Å². The number of rotatable bonds is 4. The van der Waals surface area contributed by atoms with Gasteiger partial charge in [0, 0.05) is 90.9 Å². The van der Waals surface area contributed by atoms with Crippen LogP contribution in [0.25, 0.3) is 0 Å². The first-order valence-corrected chi connectivity index (χ1v) is 39.4. The molecule has 4 heterocycles. The van der Waals surface area contributed by atoms with Gasteiger partial charge < -0.3 is 39.0 Å². The first-order chi connectivity index (χ1) is 28.2. The predicted octanol–water partition coefficient (Wildman–Crippen LogP) is 5.17. The SMILES string of the molecule is COC12C=CC3(CC1C(C)=O)C1Cc4ccc(O)c5c4C3(CCN1C)C2O5.COC12CCC3(CC1C(C)=O)C1Cc4ccc(O)c5c4C3(CCN1C)C2O5.II.I[I-]I. The first-order valence-electron chi connectivity index (χ1n) is 20.5. The molecular formula is C44H52I5N2O8-. The average molecular weight is 1370 g/mol. The maximum atomic E-state index is 12.8. The Morgan fingerprint density at radius 2 is 1.29 bits per heavy atom. The molecule has 0 radical (unpaired) electrons. The maximum absolute atomic E-state index is 12.8. The van der Waals surface area contributed by atoms with Gasteiger partial charge in [-0.15, -0.1) is 0 Å². The monoisotopic (exact) mass is 1370 g/mol. The first kappa shape index (κ1) is 44.4. The molecule has 12 aliphatic rings. The summed E-state index contributed by atoms with van der Waals surface area (Å²) in [6, 6.07) is 8.43. The Balaban J connectivity index is 0.000000138. The van der Waals surface area contributed by atoms with Gasteiger partial charge in [-0.25, -0.2) is 0 Å². The summed E-state index contributed by atoms with van der Waals surface area (Å²) in [5.74, 6) is 1.73. The van der Waals surface area contributed by atoms with Crippen LogP contribution in [0.3, 0.4) is 0 Å². The van der Waals surface area contributed by atoms with Crippen LogP contribution in [0.4, 0.5) is 0 Å². The number of carbonyl (C=O) groups is 2. The van der Waals surface area contributed by atoms with E-state index < -0.39 is 11.2 Å². The topological polar surface area (TPSA) is 118 Å². The fourth-order valence-electron chi connectivity index (χ4n) is 15.7. The Bertz CT molecular complexity index is 2130. The fraction of sp³-hybridized carbons (Fsp3) is 0.636. The van der Waals surface area contributed by atoms with E-state index in [0.717, 1.165) is 64.5 Å². The van der Waals surface area contributed by atoms with Crippen LogP contribution >= 0.6 is 74.5 Å². The quantitative estimate of drug-likeness (QED) is 0.314. The van der Waals surface area contributed by atoms with Crippen molar-refractivity contribution in [3.63, 3.8) is 0 Å². The molecule has 59 heavy (non-hydrogen) atoms. The molecule has 14 rings (SSSR count). The van der Waals surface area contributed by atoms with Gasteiger partial charge >= 0.3 is 50.5 Å². The second kappa shape index (κ2) is 15.4. The number of likely N-dealkylation sites (N-methyl/N-ethyl adjacent to an activating group) is 2. The van der Waals surface area contributed by atoms with Crippen LogP contribution in [0.2, 0.25) is 0 Å². The van der Waals surface area contributed by atoms with Crippen molar-refractivity contribution in [1.82, 2.24) is 9.80 Å². The van der Waals surface area contributed by atoms with Crippen LogP contribution in [0.1, 0.15) is 74.6 Å². The van der Waals surface area contributed by atoms with Crippen LogP contribution in [0.15, 0.2) is 36.4 Å². The molecule has 2 saturated heterocycles. The van der Waals surface area contributed by atoms with Gasteiger partial charge in [-0.2, -0.15) is 0 Å². The number of hydrogen-bond donors (Lipinski definition) is 2. The van der Waals surface area contributed by atoms with E-state index in [9.17, 15) is 19.8 Å². The summed E-state index contributed by atoms with van der Waals surface area (Å²) in [6.45, 7) is 5.39. The molecule has 15 heteroatoms. The van der Waals surface area contributed by atoms with Crippen molar-refractivity contribution in [2.45, 2.75) is 112 Å². The molecule has 12 atom stereocenters. The average Bonchev–Trinajstić information content (AvgIpc) is 3.80. The zero-order valence-corrected chi connectivity index (χ0v) is 44.9.